The summed E-state index contributed by atoms with van der Waals surface area (Å²) >= 11 is 0. The number of nitrogens with one attached hydrogen (secondary N) is 3. The lowest BCUT2D eigenvalue weighted by Gasteiger charge is -2.17. The quantitative estimate of drug-likeness (QED) is 0.0509. The summed E-state index contributed by atoms with van der Waals surface area (Å²) in [5.74, 6) is -3.75. The highest BCUT2D eigenvalue weighted by Gasteiger charge is 2.39. The molecule has 1 fully saturated rings. The highest BCUT2D eigenvalue weighted by atomic mass is 19.4. The van der Waals surface area contributed by atoms with Crippen LogP contribution in [0.1, 0.15) is 73.2 Å². The van der Waals surface area contributed by atoms with Crippen LogP contribution in [0.25, 0.3) is 56.3 Å². The normalized spacial score (nSPS) is 12.0. The molecule has 580 valence electrons. The standard InChI is InChI=1S/C20H14F5N.C18H14F3N3.C16H14F4N2.C16H12F4N2.C12H10F3N3/c21-16-9-5-13(6-10-16)4-7-14-8-11-18(26-19(14)20(23,24)25)15-2-1-3-17(22)12-15;1-18(20,21)17-16(23-14-5-3-2-4-6-14)8-7-15(24-17)12-9-13(19)11-22-10-12;17-12-3-1-2-11(8-12)13-6-7-14(21-9-10-4-5-10)15(22-13)16(18,19)20;1-2-3-9-21-14-8-7-13(22-15(14)16(18,19)20)11-5-4-6-12(17)10-11;1-12(14,15)11-9(16)2-3-10(18-11)7-4-8(13)6-17-5-7/h1-3,5-6,8-12H,4,7H2;2-11,23H,1H3;1-3,6-8,10,21H,4-5,9H2;4-8,10,21H,9H2,1H3;2-6H,16H2,1H3. The minimum absolute atomic E-state index is 0.0282. The highest BCUT2D eigenvalue weighted by Crippen LogP contribution is 2.41. The van der Waals surface area contributed by atoms with Crippen LogP contribution < -0.4 is 21.7 Å². The van der Waals surface area contributed by atoms with Gasteiger partial charge in [-0.3, -0.25) is 9.97 Å². The Morgan fingerprint density at radius 2 is 0.795 bits per heavy atom. The first-order valence-electron chi connectivity index (χ1n) is 33.7. The first-order valence-corrected chi connectivity index (χ1v) is 33.7. The molecule has 0 spiro atoms. The van der Waals surface area contributed by atoms with Gasteiger partial charge in [0.2, 0.25) is 0 Å². The van der Waals surface area contributed by atoms with E-state index in [0.29, 0.717) is 48.2 Å². The predicted molar refractivity (Wildman–Crippen MR) is 389 cm³/mol. The summed E-state index contributed by atoms with van der Waals surface area (Å²) in [6, 6.07) is 47.0. The minimum Gasteiger partial charge on any atom is -0.397 e. The summed E-state index contributed by atoms with van der Waals surface area (Å²) in [5, 5.41) is 8.33. The Labute approximate surface area is 629 Å². The second-order valence-corrected chi connectivity index (χ2v) is 24.9. The molecule has 1 aliphatic carbocycles. The van der Waals surface area contributed by atoms with Gasteiger partial charge in [0, 0.05) is 66.3 Å². The van der Waals surface area contributed by atoms with Gasteiger partial charge in [-0.2, -0.15) is 57.1 Å². The number of aryl methyl sites for hydroxylation is 2. The molecule has 0 saturated heterocycles. The molecule has 7 aromatic heterocycles. The molecule has 0 aliphatic heterocycles. The molecule has 30 heteroatoms. The second kappa shape index (κ2) is 36.9. The third kappa shape index (κ3) is 24.5. The smallest absolute Gasteiger partial charge is 0.397 e. The maximum atomic E-state index is 14.0. The number of nitrogens with two attached hydrogens (primary N) is 1. The number of aromatic nitrogens is 7. The lowest BCUT2D eigenvalue weighted by atomic mass is 10.0. The number of hydrogen-bond donors (Lipinski definition) is 4. The zero-order valence-electron chi connectivity index (χ0n) is 59.1. The van der Waals surface area contributed by atoms with Crippen molar-refractivity contribution in [2.45, 2.75) is 76.8 Å². The van der Waals surface area contributed by atoms with Gasteiger partial charge in [-0.25, -0.2) is 51.3 Å². The van der Waals surface area contributed by atoms with Crippen molar-refractivity contribution in [2.24, 2.45) is 5.92 Å². The van der Waals surface area contributed by atoms with Gasteiger partial charge in [0.05, 0.1) is 70.2 Å². The third-order valence-electron chi connectivity index (χ3n) is 16.1. The van der Waals surface area contributed by atoms with Crippen LogP contribution >= 0.6 is 0 Å². The average molecular weight is 1560 g/mol. The van der Waals surface area contributed by atoms with E-state index in [-0.39, 0.29) is 80.9 Å². The van der Waals surface area contributed by atoms with Gasteiger partial charge in [-0.05, 0) is 177 Å². The van der Waals surface area contributed by atoms with Crippen LogP contribution in [0.5, 0.6) is 0 Å². The zero-order valence-corrected chi connectivity index (χ0v) is 59.1. The molecular weight excluding hydrogens is 1500 g/mol. The Hall–Kier alpha value is -12.4. The van der Waals surface area contributed by atoms with E-state index in [1.54, 1.807) is 37.3 Å². The van der Waals surface area contributed by atoms with Gasteiger partial charge in [0.15, 0.2) is 11.4 Å². The summed E-state index contributed by atoms with van der Waals surface area (Å²) in [5.41, 5.74) is 5.06. The predicted octanol–water partition coefficient (Wildman–Crippen LogP) is 23.0. The second-order valence-electron chi connectivity index (χ2n) is 24.9. The van der Waals surface area contributed by atoms with Gasteiger partial charge in [0.25, 0.3) is 11.8 Å². The number of anilines is 5. The molecule has 1 aliphatic rings. The van der Waals surface area contributed by atoms with E-state index in [4.69, 9.17) is 5.73 Å². The topological polar surface area (TPSA) is 152 Å². The molecule has 0 bridgehead atoms. The van der Waals surface area contributed by atoms with Crippen LogP contribution in [0.4, 0.5) is 112 Å². The molecule has 1 saturated carbocycles. The molecule has 12 aromatic rings. The number of nitrogens with zero attached hydrogens (tertiary/aromatic N) is 7. The fraction of sp³-hybridized carbons (Fsp3) is 0.183. The molecular formula is C82H64F19N11. The van der Waals surface area contributed by atoms with Crippen molar-refractivity contribution in [3.63, 3.8) is 0 Å². The summed E-state index contributed by atoms with van der Waals surface area (Å²) in [7, 11) is 0. The van der Waals surface area contributed by atoms with Gasteiger partial charge in [-0.15, -0.1) is 5.92 Å². The van der Waals surface area contributed by atoms with Gasteiger partial charge in [0.1, 0.15) is 52.0 Å². The molecule has 0 radical (unpaired) electrons. The maximum absolute atomic E-state index is 14.0. The monoisotopic (exact) mass is 1560 g/mol. The van der Waals surface area contributed by atoms with Crippen LogP contribution in [0.15, 0.2) is 225 Å². The number of halogens is 19. The summed E-state index contributed by atoms with van der Waals surface area (Å²) in [4.78, 5) is 26.2. The van der Waals surface area contributed by atoms with Crippen LogP contribution in [-0.2, 0) is 43.2 Å². The highest BCUT2D eigenvalue weighted by molar-refractivity contribution is 5.69. The van der Waals surface area contributed by atoms with Crippen molar-refractivity contribution in [1.82, 2.24) is 34.9 Å². The first-order chi connectivity index (χ1) is 53.0. The first kappa shape index (κ1) is 83.6. The number of alkyl halides is 13. The van der Waals surface area contributed by atoms with Gasteiger partial charge >= 0.3 is 18.5 Å². The Morgan fingerprint density at radius 1 is 0.384 bits per heavy atom. The minimum atomic E-state index is -4.62. The van der Waals surface area contributed by atoms with Crippen LogP contribution in [-0.4, -0.2) is 48.0 Å². The lowest BCUT2D eigenvalue weighted by molar-refractivity contribution is -0.142. The zero-order chi connectivity index (χ0) is 81.1. The Kier molecular flexibility index (Phi) is 27.5. The van der Waals surface area contributed by atoms with E-state index in [1.165, 1.54) is 164 Å². The van der Waals surface area contributed by atoms with Crippen molar-refractivity contribution >= 4 is 28.4 Å². The summed E-state index contributed by atoms with van der Waals surface area (Å²) in [6.07, 6.45) is -6.48. The molecule has 0 unspecified atom stereocenters. The molecule has 13 rings (SSSR count). The number of benzene rings is 5. The Balaban J connectivity index is 0.000000161. The molecule has 112 heavy (non-hydrogen) atoms. The summed E-state index contributed by atoms with van der Waals surface area (Å²) in [6.45, 7) is 3.68. The average Bonchev–Trinajstić information content (AvgIpc) is 1.06. The van der Waals surface area contributed by atoms with Crippen molar-refractivity contribution in [3.8, 4) is 68.1 Å². The van der Waals surface area contributed by atoms with E-state index in [0.717, 1.165) is 49.9 Å². The largest absolute Gasteiger partial charge is 0.435 e. The van der Waals surface area contributed by atoms with Crippen molar-refractivity contribution in [1.29, 1.82) is 0 Å². The SMILES string of the molecule is CC#CCNc1ccc(-c2cccc(F)c2)nc1C(F)(F)F.CC(F)(F)c1nc(-c2cncc(F)c2)ccc1N.CC(F)(F)c1nc(-c2cncc(F)c2)ccc1Nc1ccccc1.Fc1ccc(CCc2ccc(-c3cccc(F)c3)nc2C(F)(F)F)cc1.Fc1cccc(-c2ccc(NCC3CC3)c(C(F)(F)F)n2)c1. The van der Waals surface area contributed by atoms with Crippen molar-refractivity contribution in [2.75, 3.05) is 34.8 Å². The molecule has 0 amide bonds. The van der Waals surface area contributed by atoms with Crippen LogP contribution in [0, 0.1) is 52.7 Å². The Bertz CT molecular complexity index is 5230. The number of para-hydroxylation sites is 1. The fourth-order valence-corrected chi connectivity index (χ4v) is 10.5. The number of nitrogen functional groups attached to an aromatic ring is 1. The number of hydrogen-bond acceptors (Lipinski definition) is 11. The van der Waals surface area contributed by atoms with E-state index in [1.807, 2.05) is 6.07 Å². The molecule has 0 atom stereocenters. The maximum Gasteiger partial charge on any atom is 0.435 e. The van der Waals surface area contributed by atoms with Crippen LogP contribution in [0.3, 0.4) is 0 Å². The molecule has 5 N–H and O–H groups in total. The molecule has 5 aromatic carbocycles. The van der Waals surface area contributed by atoms with Crippen molar-refractivity contribution in [3.05, 3.63) is 299 Å². The number of pyridine rings is 7. The van der Waals surface area contributed by atoms with E-state index in [2.05, 4.69) is 62.7 Å². The third-order valence-corrected chi connectivity index (χ3v) is 16.1. The Morgan fingerprint density at radius 3 is 1.23 bits per heavy atom. The van der Waals surface area contributed by atoms with Gasteiger partial charge < -0.3 is 21.7 Å². The van der Waals surface area contributed by atoms with Gasteiger partial charge in [-0.1, -0.05) is 78.7 Å². The van der Waals surface area contributed by atoms with Crippen molar-refractivity contribution < 1.29 is 83.4 Å². The fourth-order valence-electron chi connectivity index (χ4n) is 10.5. The van der Waals surface area contributed by atoms with E-state index >= 15 is 0 Å². The summed E-state index contributed by atoms with van der Waals surface area (Å²) < 4.78 is 253. The van der Waals surface area contributed by atoms with E-state index in [9.17, 15) is 83.4 Å². The van der Waals surface area contributed by atoms with E-state index < -0.39 is 93.7 Å². The molecule has 11 nitrogen and oxygen atoms in total. The number of rotatable bonds is 17. The molecule has 7 heterocycles. The van der Waals surface area contributed by atoms with Crippen LogP contribution in [0.2, 0.25) is 0 Å². The lowest BCUT2D eigenvalue weighted by Crippen LogP contribution is -2.15.